The molecule has 2 heterocycles. The van der Waals surface area contributed by atoms with Gasteiger partial charge in [-0.2, -0.15) is 5.10 Å². The quantitative estimate of drug-likeness (QED) is 0.594. The maximum Gasteiger partial charge on any atom is 0.224 e. The van der Waals surface area contributed by atoms with E-state index in [1.165, 1.54) is 12.3 Å². The molecule has 0 unspecified atom stereocenters. The molecule has 0 radical (unpaired) electrons. The number of rotatable bonds is 3. The molecule has 0 saturated carbocycles. The van der Waals surface area contributed by atoms with Crippen molar-refractivity contribution in [3.8, 4) is 0 Å². The molecule has 21 heavy (non-hydrogen) atoms. The van der Waals surface area contributed by atoms with Crippen molar-refractivity contribution in [1.82, 2.24) is 14.5 Å². The largest absolute Gasteiger partial charge is 0.312 e. The van der Waals surface area contributed by atoms with Crippen LogP contribution < -0.4 is 5.43 Å². The summed E-state index contributed by atoms with van der Waals surface area (Å²) in [6.07, 6.45) is 1.17. The molecule has 0 saturated heterocycles. The summed E-state index contributed by atoms with van der Waals surface area (Å²) in [6, 6.07) is 10.8. The minimum atomic E-state index is -0.366. The number of pyridine rings is 1. The van der Waals surface area contributed by atoms with Gasteiger partial charge in [-0.15, -0.1) is 0 Å². The molecule has 6 heteroatoms. The molecular formula is C15H14FN5. The van der Waals surface area contributed by atoms with Gasteiger partial charge in [-0.1, -0.05) is 12.1 Å². The summed E-state index contributed by atoms with van der Waals surface area (Å²) >= 11 is 0. The second-order valence-corrected chi connectivity index (χ2v) is 4.65. The van der Waals surface area contributed by atoms with Crippen LogP contribution in [0.4, 0.5) is 10.3 Å². The van der Waals surface area contributed by atoms with Crippen LogP contribution >= 0.6 is 0 Å². The first-order chi connectivity index (χ1) is 10.1. The van der Waals surface area contributed by atoms with E-state index in [0.29, 0.717) is 17.4 Å². The molecular weight excluding hydrogens is 269 g/mol. The van der Waals surface area contributed by atoms with Crippen LogP contribution in [0.5, 0.6) is 0 Å². The summed E-state index contributed by atoms with van der Waals surface area (Å²) in [5.41, 5.74) is 6.11. The maximum atomic E-state index is 12.8. The fraction of sp³-hybridized carbons (Fsp3) is 0.133. The van der Waals surface area contributed by atoms with Crippen LogP contribution in [0.15, 0.2) is 47.7 Å². The molecule has 0 atom stereocenters. The van der Waals surface area contributed by atoms with E-state index in [4.69, 9.17) is 0 Å². The van der Waals surface area contributed by atoms with Crippen molar-refractivity contribution in [2.75, 3.05) is 5.43 Å². The third-order valence-corrected chi connectivity index (χ3v) is 3.21. The van der Waals surface area contributed by atoms with Gasteiger partial charge < -0.3 is 4.57 Å². The highest BCUT2D eigenvalue weighted by Crippen LogP contribution is 2.17. The highest BCUT2D eigenvalue weighted by molar-refractivity contribution is 5.97. The summed E-state index contributed by atoms with van der Waals surface area (Å²) in [4.78, 5) is 8.44. The van der Waals surface area contributed by atoms with Gasteiger partial charge in [-0.05, 0) is 31.2 Å². The van der Waals surface area contributed by atoms with Crippen molar-refractivity contribution < 1.29 is 4.39 Å². The van der Waals surface area contributed by atoms with Gasteiger partial charge in [0.1, 0.15) is 5.82 Å². The molecule has 1 N–H and O–H groups in total. The van der Waals surface area contributed by atoms with Gasteiger partial charge in [-0.3, -0.25) is 4.98 Å². The average Bonchev–Trinajstić information content (AvgIpc) is 2.82. The van der Waals surface area contributed by atoms with E-state index in [-0.39, 0.29) is 5.82 Å². The molecule has 0 aliphatic heterocycles. The average molecular weight is 283 g/mol. The Hall–Kier alpha value is -2.76. The Morgan fingerprint density at radius 1 is 1.24 bits per heavy atom. The number of imidazole rings is 1. The molecule has 0 amide bonds. The van der Waals surface area contributed by atoms with Crippen LogP contribution in [-0.4, -0.2) is 20.2 Å². The zero-order valence-electron chi connectivity index (χ0n) is 11.7. The van der Waals surface area contributed by atoms with E-state index in [0.717, 1.165) is 11.0 Å². The molecule has 106 valence electrons. The number of fused-ring (bicyclic) bond motifs is 1. The Balaban J connectivity index is 1.86. The number of nitrogens with zero attached hydrogens (tertiary/aromatic N) is 4. The Labute approximate surface area is 121 Å². The topological polar surface area (TPSA) is 55.1 Å². The van der Waals surface area contributed by atoms with Gasteiger partial charge >= 0.3 is 0 Å². The first-order valence-corrected chi connectivity index (χ1v) is 6.49. The molecule has 0 fully saturated rings. The van der Waals surface area contributed by atoms with E-state index in [1.54, 1.807) is 13.0 Å². The Bertz CT molecular complexity index is 805. The van der Waals surface area contributed by atoms with Crippen molar-refractivity contribution >= 4 is 22.7 Å². The van der Waals surface area contributed by atoms with Gasteiger partial charge in [0, 0.05) is 7.05 Å². The maximum absolute atomic E-state index is 12.8. The normalized spacial score (nSPS) is 11.9. The second-order valence-electron chi connectivity index (χ2n) is 4.65. The first-order valence-electron chi connectivity index (χ1n) is 6.49. The van der Waals surface area contributed by atoms with Gasteiger partial charge in [-0.25, -0.2) is 14.8 Å². The SMILES string of the molecule is C/C(=N\Nc1nc2ccccc2n1C)c1ccc(F)cn1. The van der Waals surface area contributed by atoms with Gasteiger partial charge in [0.25, 0.3) is 0 Å². The predicted octanol–water partition coefficient (Wildman–Crippen LogP) is 2.94. The highest BCUT2D eigenvalue weighted by Gasteiger charge is 2.06. The van der Waals surface area contributed by atoms with E-state index in [1.807, 2.05) is 35.9 Å². The Morgan fingerprint density at radius 3 is 2.76 bits per heavy atom. The zero-order valence-corrected chi connectivity index (χ0v) is 11.7. The van der Waals surface area contributed by atoms with Crippen LogP contribution in [0.1, 0.15) is 12.6 Å². The minimum Gasteiger partial charge on any atom is -0.312 e. The van der Waals surface area contributed by atoms with Crippen molar-refractivity contribution in [2.24, 2.45) is 12.1 Å². The van der Waals surface area contributed by atoms with E-state index >= 15 is 0 Å². The Kier molecular flexibility index (Phi) is 3.35. The fourth-order valence-electron chi connectivity index (χ4n) is 2.03. The number of hydrazone groups is 1. The van der Waals surface area contributed by atoms with Crippen molar-refractivity contribution in [2.45, 2.75) is 6.92 Å². The Morgan fingerprint density at radius 2 is 2.05 bits per heavy atom. The summed E-state index contributed by atoms with van der Waals surface area (Å²) in [5.74, 6) is 0.271. The fourth-order valence-corrected chi connectivity index (χ4v) is 2.03. The predicted molar refractivity (Wildman–Crippen MR) is 80.7 cm³/mol. The number of hydrogen-bond acceptors (Lipinski definition) is 4. The van der Waals surface area contributed by atoms with Crippen LogP contribution in [0.25, 0.3) is 11.0 Å². The van der Waals surface area contributed by atoms with Crippen LogP contribution in [-0.2, 0) is 7.05 Å². The van der Waals surface area contributed by atoms with Crippen LogP contribution in [0.2, 0.25) is 0 Å². The number of benzene rings is 1. The summed E-state index contributed by atoms with van der Waals surface area (Å²) < 4.78 is 14.8. The smallest absolute Gasteiger partial charge is 0.224 e. The zero-order chi connectivity index (χ0) is 14.8. The first kappa shape index (κ1) is 13.2. The number of halogens is 1. The second kappa shape index (κ2) is 5.32. The summed E-state index contributed by atoms with van der Waals surface area (Å²) in [5, 5.41) is 4.25. The molecule has 1 aromatic carbocycles. The van der Waals surface area contributed by atoms with Gasteiger partial charge in [0.05, 0.1) is 28.6 Å². The number of aromatic nitrogens is 3. The molecule has 0 aliphatic carbocycles. The monoisotopic (exact) mass is 283 g/mol. The van der Waals surface area contributed by atoms with Crippen molar-refractivity contribution in [1.29, 1.82) is 0 Å². The van der Waals surface area contributed by atoms with Gasteiger partial charge in [0.15, 0.2) is 0 Å². The third kappa shape index (κ3) is 2.60. The van der Waals surface area contributed by atoms with E-state index in [9.17, 15) is 4.39 Å². The number of anilines is 1. The number of hydrogen-bond donors (Lipinski definition) is 1. The molecule has 3 aromatic rings. The number of para-hydroxylation sites is 2. The van der Waals surface area contributed by atoms with Gasteiger partial charge in [0.2, 0.25) is 5.95 Å². The highest BCUT2D eigenvalue weighted by atomic mass is 19.1. The number of nitrogens with one attached hydrogen (secondary N) is 1. The van der Waals surface area contributed by atoms with E-state index < -0.39 is 0 Å². The van der Waals surface area contributed by atoms with Crippen molar-refractivity contribution in [3.05, 3.63) is 54.1 Å². The van der Waals surface area contributed by atoms with Crippen molar-refractivity contribution in [3.63, 3.8) is 0 Å². The molecule has 0 spiro atoms. The summed E-state index contributed by atoms with van der Waals surface area (Å²) in [7, 11) is 1.92. The third-order valence-electron chi connectivity index (χ3n) is 3.21. The molecule has 0 bridgehead atoms. The molecule has 2 aromatic heterocycles. The summed E-state index contributed by atoms with van der Waals surface area (Å²) in [6.45, 7) is 1.80. The standard InChI is InChI=1S/C15H14FN5/c1-10(12-8-7-11(16)9-17-12)19-20-15-18-13-5-3-4-6-14(13)21(15)2/h3-9H,1-2H3,(H,18,20)/b19-10+. The lowest BCUT2D eigenvalue weighted by Gasteiger charge is -2.03. The molecule has 5 nitrogen and oxygen atoms in total. The minimum absolute atomic E-state index is 0.366. The lowest BCUT2D eigenvalue weighted by molar-refractivity contribution is 0.621. The van der Waals surface area contributed by atoms with Crippen LogP contribution in [0.3, 0.4) is 0 Å². The lowest BCUT2D eigenvalue weighted by atomic mass is 10.2. The van der Waals surface area contributed by atoms with E-state index in [2.05, 4.69) is 20.5 Å². The molecule has 3 rings (SSSR count). The van der Waals surface area contributed by atoms with Crippen LogP contribution in [0, 0.1) is 5.82 Å². The molecule has 0 aliphatic rings. The lowest BCUT2D eigenvalue weighted by Crippen LogP contribution is -2.05. The number of aryl methyl sites for hydroxylation is 1.